The van der Waals surface area contributed by atoms with Gasteiger partial charge < -0.3 is 21.2 Å². The maximum Gasteiger partial charge on any atom is 0.144 e. The van der Waals surface area contributed by atoms with Crippen molar-refractivity contribution in [1.82, 2.24) is 0 Å². The topological polar surface area (TPSA) is 77.2 Å². The van der Waals surface area contributed by atoms with Crippen LogP contribution in [-0.2, 0) is 6.42 Å². The number of para-hydroxylation sites is 1. The summed E-state index contributed by atoms with van der Waals surface area (Å²) in [5.74, 6) is -0.0888. The normalized spacial score (nSPS) is 13.1. The van der Waals surface area contributed by atoms with E-state index in [-0.39, 0.29) is 12.0 Å². The molecular weight excluding hydrogens is 599 g/mol. The van der Waals surface area contributed by atoms with E-state index in [1.54, 1.807) is 0 Å². The van der Waals surface area contributed by atoms with E-state index in [0.717, 1.165) is 72.0 Å². The highest BCUT2D eigenvalue weighted by Crippen LogP contribution is 2.47. The Morgan fingerprint density at radius 2 is 1.20 bits per heavy atom. The van der Waals surface area contributed by atoms with Crippen molar-refractivity contribution in [2.75, 3.05) is 5.32 Å². The van der Waals surface area contributed by atoms with Gasteiger partial charge in [0.05, 0.1) is 5.69 Å². The van der Waals surface area contributed by atoms with Crippen LogP contribution in [-0.4, -0.2) is 0 Å². The number of allylic oxidation sites excluding steroid dienone is 1. The van der Waals surface area contributed by atoms with Crippen molar-refractivity contribution in [3.63, 3.8) is 0 Å². The Kier molecular flexibility index (Phi) is 8.14. The van der Waals surface area contributed by atoms with E-state index in [2.05, 4.69) is 139 Å². The van der Waals surface area contributed by atoms with Gasteiger partial charge in [-0.05, 0) is 40.5 Å². The second-order valence-corrected chi connectivity index (χ2v) is 12.6. The molecule has 1 heterocycles. The van der Waals surface area contributed by atoms with Crippen LogP contribution in [0.4, 0.5) is 11.4 Å². The summed E-state index contributed by atoms with van der Waals surface area (Å²) < 4.78 is 6.54. The minimum absolute atomic E-state index is 0.0888. The largest absolute Gasteiger partial charge is 0.455 e. The lowest BCUT2D eigenvalue weighted by Crippen LogP contribution is -2.20. The van der Waals surface area contributed by atoms with Gasteiger partial charge in [0.2, 0.25) is 0 Å². The fraction of sp³-hybridized carbons (Fsp3) is 0.0667. The number of fused-ring (bicyclic) bond motifs is 5. The van der Waals surface area contributed by atoms with Crippen molar-refractivity contribution in [1.29, 1.82) is 0 Å². The Labute approximate surface area is 286 Å². The molecule has 8 rings (SSSR count). The number of anilines is 2. The first-order valence-electron chi connectivity index (χ1n) is 16.7. The molecule has 1 unspecified atom stereocenters. The Morgan fingerprint density at radius 3 is 1.92 bits per heavy atom. The van der Waals surface area contributed by atoms with Crippen LogP contribution in [0.25, 0.3) is 43.8 Å². The van der Waals surface area contributed by atoms with E-state index in [1.165, 1.54) is 5.56 Å². The SMILES string of the molecule is N/C(=C\C(c1ccccc1)[C@@H](N)c1ccc(Nc2c(-c3ccccc3)c3c4ccccc4oc3c3ccccc23)cc1)Cc1ccccc1. The molecule has 0 amide bonds. The fourth-order valence-electron chi connectivity index (χ4n) is 7.01. The van der Waals surface area contributed by atoms with Crippen molar-refractivity contribution < 1.29 is 4.42 Å². The van der Waals surface area contributed by atoms with Crippen LogP contribution >= 0.6 is 0 Å². The van der Waals surface area contributed by atoms with E-state index < -0.39 is 0 Å². The van der Waals surface area contributed by atoms with Crippen molar-refractivity contribution in [2.45, 2.75) is 18.4 Å². The Hall–Kier alpha value is -6.10. The van der Waals surface area contributed by atoms with Crippen molar-refractivity contribution in [3.8, 4) is 11.1 Å². The van der Waals surface area contributed by atoms with Gasteiger partial charge in [-0.2, -0.15) is 0 Å². The van der Waals surface area contributed by atoms with Crippen LogP contribution in [0.5, 0.6) is 0 Å². The molecule has 238 valence electrons. The first kappa shape index (κ1) is 30.2. The van der Waals surface area contributed by atoms with Crippen molar-refractivity contribution >= 4 is 44.1 Å². The third-order valence-electron chi connectivity index (χ3n) is 9.38. The number of nitrogens with two attached hydrogens (primary N) is 2. The maximum atomic E-state index is 7.06. The quantitative estimate of drug-likeness (QED) is 0.147. The maximum absolute atomic E-state index is 7.06. The zero-order chi connectivity index (χ0) is 33.2. The molecule has 49 heavy (non-hydrogen) atoms. The number of nitrogens with one attached hydrogen (secondary N) is 1. The minimum atomic E-state index is -0.292. The first-order chi connectivity index (χ1) is 24.1. The molecule has 4 nitrogen and oxygen atoms in total. The predicted molar refractivity (Wildman–Crippen MR) is 205 cm³/mol. The molecule has 4 heteroatoms. The summed E-state index contributed by atoms with van der Waals surface area (Å²) in [6.45, 7) is 0. The molecule has 0 aliphatic rings. The monoisotopic (exact) mass is 635 g/mol. The van der Waals surface area contributed by atoms with Crippen molar-refractivity contribution in [2.24, 2.45) is 11.5 Å². The number of hydrogen-bond donors (Lipinski definition) is 3. The van der Waals surface area contributed by atoms with Gasteiger partial charge in [-0.25, -0.2) is 0 Å². The zero-order valence-corrected chi connectivity index (χ0v) is 27.1. The molecule has 0 spiro atoms. The molecule has 8 aromatic rings. The molecule has 0 aliphatic carbocycles. The molecule has 7 aromatic carbocycles. The standard InChI is InChI=1S/C45H37N3O/c46-34(28-30-14-4-1-5-15-30)29-39(31-16-6-2-7-17-31)43(47)33-24-26-35(27-25-33)48-44-36-20-10-11-21-37(36)45-42(38-22-12-13-23-40(38)49-45)41(44)32-18-8-3-9-19-32/h1-27,29,39,43,48H,28,46-47H2/b34-29-/t39?,43-/m0/s1. The third kappa shape index (κ3) is 5.95. The Balaban J connectivity index is 1.19. The van der Waals surface area contributed by atoms with Gasteiger partial charge in [0.1, 0.15) is 11.2 Å². The fourth-order valence-corrected chi connectivity index (χ4v) is 7.01. The molecule has 0 radical (unpaired) electrons. The van der Waals surface area contributed by atoms with Gasteiger partial charge in [0.25, 0.3) is 0 Å². The predicted octanol–water partition coefficient (Wildman–Crippen LogP) is 11.0. The van der Waals surface area contributed by atoms with Gasteiger partial charge in [-0.15, -0.1) is 0 Å². The van der Waals surface area contributed by atoms with Crippen LogP contribution in [0.15, 0.2) is 180 Å². The average molecular weight is 636 g/mol. The summed E-state index contributed by atoms with van der Waals surface area (Å²) in [5.41, 5.74) is 23.9. The number of benzene rings is 7. The average Bonchev–Trinajstić information content (AvgIpc) is 3.55. The van der Waals surface area contributed by atoms with E-state index in [1.807, 2.05) is 36.4 Å². The summed E-state index contributed by atoms with van der Waals surface area (Å²) in [7, 11) is 0. The highest BCUT2D eigenvalue weighted by molar-refractivity contribution is 6.26. The summed E-state index contributed by atoms with van der Waals surface area (Å²) in [4.78, 5) is 0. The molecule has 5 N–H and O–H groups in total. The first-order valence-corrected chi connectivity index (χ1v) is 16.7. The van der Waals surface area contributed by atoms with Crippen molar-refractivity contribution in [3.05, 3.63) is 192 Å². The molecule has 0 aliphatic heterocycles. The highest BCUT2D eigenvalue weighted by Gasteiger charge is 2.23. The Bertz CT molecular complexity index is 2400. The molecule has 1 aromatic heterocycles. The minimum Gasteiger partial charge on any atom is -0.455 e. The summed E-state index contributed by atoms with van der Waals surface area (Å²) >= 11 is 0. The van der Waals surface area contributed by atoms with Gasteiger partial charge in [-0.3, -0.25) is 0 Å². The molecule has 0 saturated heterocycles. The number of rotatable bonds is 9. The second kappa shape index (κ2) is 13.2. The van der Waals surface area contributed by atoms with Gasteiger partial charge in [0, 0.05) is 56.9 Å². The molecule has 2 atom stereocenters. The molecule has 0 saturated carbocycles. The van der Waals surface area contributed by atoms with Crippen LogP contribution in [0.1, 0.15) is 28.7 Å². The lowest BCUT2D eigenvalue weighted by Gasteiger charge is -2.23. The molecule has 0 fully saturated rings. The van der Waals surface area contributed by atoms with Crippen LogP contribution in [0.2, 0.25) is 0 Å². The second-order valence-electron chi connectivity index (χ2n) is 12.6. The lowest BCUT2D eigenvalue weighted by molar-refractivity contribution is 0.641. The number of furan rings is 1. The molecule has 0 bridgehead atoms. The van der Waals surface area contributed by atoms with Gasteiger partial charge in [0.15, 0.2) is 0 Å². The van der Waals surface area contributed by atoms with Crippen LogP contribution < -0.4 is 16.8 Å². The smallest absolute Gasteiger partial charge is 0.144 e. The van der Waals surface area contributed by atoms with Gasteiger partial charge >= 0.3 is 0 Å². The third-order valence-corrected chi connectivity index (χ3v) is 9.38. The van der Waals surface area contributed by atoms with Crippen LogP contribution in [0.3, 0.4) is 0 Å². The van der Waals surface area contributed by atoms with E-state index >= 15 is 0 Å². The summed E-state index contributed by atoms with van der Waals surface area (Å²) in [6.07, 6.45) is 2.80. The van der Waals surface area contributed by atoms with E-state index in [0.29, 0.717) is 6.42 Å². The van der Waals surface area contributed by atoms with Gasteiger partial charge in [-0.1, -0.05) is 152 Å². The highest BCUT2D eigenvalue weighted by atomic mass is 16.3. The van der Waals surface area contributed by atoms with E-state index in [4.69, 9.17) is 15.9 Å². The van der Waals surface area contributed by atoms with Crippen LogP contribution in [0, 0.1) is 0 Å². The zero-order valence-electron chi connectivity index (χ0n) is 27.1. The van der Waals surface area contributed by atoms with E-state index in [9.17, 15) is 0 Å². The molecular formula is C45H37N3O. The summed E-state index contributed by atoms with van der Waals surface area (Å²) in [5, 5.41) is 8.20. The summed E-state index contributed by atoms with van der Waals surface area (Å²) in [6, 6.07) is 56.2. The lowest BCUT2D eigenvalue weighted by atomic mass is 9.86. The Morgan fingerprint density at radius 1 is 0.612 bits per heavy atom. The number of hydrogen-bond acceptors (Lipinski definition) is 4.